The first-order chi connectivity index (χ1) is 9.75. The topological polar surface area (TPSA) is 91.1 Å². The lowest BCUT2D eigenvalue weighted by Gasteiger charge is -2.08. The van der Waals surface area contributed by atoms with E-state index in [4.69, 9.17) is 0 Å². The normalized spacial score (nSPS) is 10.6. The van der Waals surface area contributed by atoms with Crippen LogP contribution in [0.3, 0.4) is 0 Å². The monoisotopic (exact) mass is 293 g/mol. The standard InChI is InChI=1S/C15H23N3O3/c1-8(2)14(20)16-6-7-17-15(21)13-9(3)12(11(5)19)10(4)18-13/h8,18H,6-7H2,1-5H3,(H,16,20)(H,17,21). The molecule has 2 amide bonds. The molecule has 0 spiro atoms. The Balaban J connectivity index is 2.59. The second-order valence-electron chi connectivity index (χ2n) is 5.38. The molecule has 0 aliphatic rings. The van der Waals surface area contributed by atoms with E-state index in [1.54, 1.807) is 13.8 Å². The molecule has 0 aromatic carbocycles. The van der Waals surface area contributed by atoms with Gasteiger partial charge in [-0.1, -0.05) is 13.8 Å². The molecule has 0 unspecified atom stereocenters. The fraction of sp³-hybridized carbons (Fsp3) is 0.533. The van der Waals surface area contributed by atoms with E-state index >= 15 is 0 Å². The molecule has 0 saturated carbocycles. The van der Waals surface area contributed by atoms with E-state index in [2.05, 4.69) is 15.6 Å². The second-order valence-corrected chi connectivity index (χ2v) is 5.38. The Labute approximate surface area is 124 Å². The molecule has 1 aromatic heterocycles. The molecule has 0 bridgehead atoms. The number of aromatic amines is 1. The van der Waals surface area contributed by atoms with Crippen LogP contribution in [0.1, 0.15) is 52.9 Å². The summed E-state index contributed by atoms with van der Waals surface area (Å²) in [6.45, 7) is 9.32. The Kier molecular flexibility index (Phi) is 5.69. The third-order valence-corrected chi connectivity index (χ3v) is 3.25. The van der Waals surface area contributed by atoms with E-state index in [0.717, 1.165) is 0 Å². The molecule has 1 aromatic rings. The number of rotatable bonds is 6. The summed E-state index contributed by atoms with van der Waals surface area (Å²) in [6, 6.07) is 0. The Bertz CT molecular complexity index is 559. The first-order valence-corrected chi connectivity index (χ1v) is 7.01. The highest BCUT2D eigenvalue weighted by Gasteiger charge is 2.19. The van der Waals surface area contributed by atoms with Gasteiger partial charge in [-0.25, -0.2) is 0 Å². The van der Waals surface area contributed by atoms with Crippen molar-refractivity contribution >= 4 is 17.6 Å². The summed E-state index contributed by atoms with van der Waals surface area (Å²) in [7, 11) is 0. The number of aryl methyl sites for hydroxylation is 1. The molecule has 1 rings (SSSR count). The lowest BCUT2D eigenvalue weighted by molar-refractivity contribution is -0.123. The molecule has 0 saturated heterocycles. The van der Waals surface area contributed by atoms with Crippen LogP contribution < -0.4 is 10.6 Å². The van der Waals surface area contributed by atoms with Crippen LogP contribution in [0.2, 0.25) is 0 Å². The zero-order valence-corrected chi connectivity index (χ0v) is 13.2. The summed E-state index contributed by atoms with van der Waals surface area (Å²) in [6.07, 6.45) is 0. The maximum Gasteiger partial charge on any atom is 0.268 e. The van der Waals surface area contributed by atoms with E-state index < -0.39 is 0 Å². The number of carbonyl (C=O) groups is 3. The summed E-state index contributed by atoms with van der Waals surface area (Å²) in [4.78, 5) is 37.9. The number of hydrogen-bond acceptors (Lipinski definition) is 3. The number of H-pyrrole nitrogens is 1. The third kappa shape index (κ3) is 4.18. The fourth-order valence-corrected chi connectivity index (χ4v) is 2.16. The lowest BCUT2D eigenvalue weighted by atomic mass is 10.1. The molecule has 6 heteroatoms. The van der Waals surface area contributed by atoms with Gasteiger partial charge in [0.2, 0.25) is 5.91 Å². The summed E-state index contributed by atoms with van der Waals surface area (Å²) < 4.78 is 0. The van der Waals surface area contributed by atoms with Crippen molar-refractivity contribution in [1.82, 2.24) is 15.6 Å². The quantitative estimate of drug-likeness (QED) is 0.546. The van der Waals surface area contributed by atoms with Gasteiger partial charge in [0.15, 0.2) is 5.78 Å². The van der Waals surface area contributed by atoms with E-state index in [1.807, 2.05) is 13.8 Å². The van der Waals surface area contributed by atoms with Gasteiger partial charge < -0.3 is 15.6 Å². The zero-order chi connectivity index (χ0) is 16.2. The number of amides is 2. The smallest absolute Gasteiger partial charge is 0.268 e. The van der Waals surface area contributed by atoms with E-state index in [9.17, 15) is 14.4 Å². The van der Waals surface area contributed by atoms with Gasteiger partial charge in [0.25, 0.3) is 5.91 Å². The first-order valence-electron chi connectivity index (χ1n) is 7.01. The van der Waals surface area contributed by atoms with Gasteiger partial charge in [0, 0.05) is 30.3 Å². The number of nitrogens with one attached hydrogen (secondary N) is 3. The van der Waals surface area contributed by atoms with Crippen molar-refractivity contribution in [1.29, 1.82) is 0 Å². The summed E-state index contributed by atoms with van der Waals surface area (Å²) in [5.74, 6) is -0.464. The van der Waals surface area contributed by atoms with Crippen LogP contribution in [0.5, 0.6) is 0 Å². The van der Waals surface area contributed by atoms with Crippen molar-refractivity contribution in [2.45, 2.75) is 34.6 Å². The van der Waals surface area contributed by atoms with Gasteiger partial charge in [0.05, 0.1) is 0 Å². The molecule has 1 heterocycles. The number of Topliss-reactive ketones (excluding diaryl/α,β-unsaturated/α-hetero) is 1. The van der Waals surface area contributed by atoms with E-state index in [0.29, 0.717) is 35.6 Å². The Hall–Kier alpha value is -2.11. The van der Waals surface area contributed by atoms with Crippen molar-refractivity contribution in [2.75, 3.05) is 13.1 Å². The van der Waals surface area contributed by atoms with Crippen molar-refractivity contribution < 1.29 is 14.4 Å². The molecule has 3 N–H and O–H groups in total. The second kappa shape index (κ2) is 7.06. The lowest BCUT2D eigenvalue weighted by Crippen LogP contribution is -2.36. The minimum Gasteiger partial charge on any atom is -0.354 e. The number of hydrogen-bond donors (Lipinski definition) is 3. The molecule has 21 heavy (non-hydrogen) atoms. The molecule has 6 nitrogen and oxygen atoms in total. The predicted octanol–water partition coefficient (Wildman–Crippen LogP) is 1.34. The van der Waals surface area contributed by atoms with Crippen LogP contribution >= 0.6 is 0 Å². The average molecular weight is 293 g/mol. The fourth-order valence-electron chi connectivity index (χ4n) is 2.16. The maximum atomic E-state index is 12.1. The molecule has 116 valence electrons. The molecular formula is C15H23N3O3. The predicted molar refractivity (Wildman–Crippen MR) is 80.5 cm³/mol. The van der Waals surface area contributed by atoms with E-state index in [-0.39, 0.29) is 23.5 Å². The van der Waals surface area contributed by atoms with Crippen molar-refractivity contribution in [3.63, 3.8) is 0 Å². The summed E-state index contributed by atoms with van der Waals surface area (Å²) >= 11 is 0. The van der Waals surface area contributed by atoms with Gasteiger partial charge in [-0.15, -0.1) is 0 Å². The first kappa shape index (κ1) is 16.9. The molecule has 0 radical (unpaired) electrons. The zero-order valence-electron chi connectivity index (χ0n) is 13.2. The summed E-state index contributed by atoms with van der Waals surface area (Å²) in [5.41, 5.74) is 2.31. The maximum absolute atomic E-state index is 12.1. The van der Waals surface area contributed by atoms with Crippen molar-refractivity contribution in [3.8, 4) is 0 Å². The summed E-state index contributed by atoms with van der Waals surface area (Å²) in [5, 5.41) is 5.44. The minimum atomic E-state index is -0.276. The van der Waals surface area contributed by atoms with Crippen LogP contribution in [0, 0.1) is 19.8 Å². The van der Waals surface area contributed by atoms with Crippen LogP contribution in [-0.2, 0) is 4.79 Å². The van der Waals surface area contributed by atoms with Gasteiger partial charge in [-0.3, -0.25) is 14.4 Å². The number of carbonyl (C=O) groups excluding carboxylic acids is 3. The van der Waals surface area contributed by atoms with Crippen molar-refractivity contribution in [3.05, 3.63) is 22.5 Å². The number of aromatic nitrogens is 1. The van der Waals surface area contributed by atoms with E-state index in [1.165, 1.54) is 6.92 Å². The largest absolute Gasteiger partial charge is 0.354 e. The van der Waals surface area contributed by atoms with Gasteiger partial charge in [0.1, 0.15) is 5.69 Å². The van der Waals surface area contributed by atoms with Crippen molar-refractivity contribution in [2.24, 2.45) is 5.92 Å². The van der Waals surface area contributed by atoms with Gasteiger partial charge in [-0.05, 0) is 26.3 Å². The third-order valence-electron chi connectivity index (χ3n) is 3.25. The molecule has 0 fully saturated rings. The highest BCUT2D eigenvalue weighted by Crippen LogP contribution is 2.18. The Morgan fingerprint density at radius 2 is 1.67 bits per heavy atom. The highest BCUT2D eigenvalue weighted by atomic mass is 16.2. The van der Waals surface area contributed by atoms with Crippen LogP contribution in [-0.4, -0.2) is 35.7 Å². The molecule has 0 aliphatic carbocycles. The Morgan fingerprint density at radius 1 is 1.10 bits per heavy atom. The highest BCUT2D eigenvalue weighted by molar-refractivity contribution is 6.02. The van der Waals surface area contributed by atoms with Crippen LogP contribution in [0.25, 0.3) is 0 Å². The van der Waals surface area contributed by atoms with Gasteiger partial charge >= 0.3 is 0 Å². The minimum absolute atomic E-state index is 0.0463. The molecule has 0 aliphatic heterocycles. The molecular weight excluding hydrogens is 270 g/mol. The Morgan fingerprint density at radius 3 is 2.14 bits per heavy atom. The number of ketones is 1. The average Bonchev–Trinajstić information content (AvgIpc) is 2.69. The molecule has 0 atom stereocenters. The van der Waals surface area contributed by atoms with Crippen LogP contribution in [0.4, 0.5) is 0 Å². The van der Waals surface area contributed by atoms with Gasteiger partial charge in [-0.2, -0.15) is 0 Å². The van der Waals surface area contributed by atoms with Crippen LogP contribution in [0.15, 0.2) is 0 Å². The SMILES string of the molecule is CC(=O)c1c(C)[nH]c(C(=O)NCCNC(=O)C(C)C)c1C.